The van der Waals surface area contributed by atoms with E-state index in [1.807, 2.05) is 4.90 Å². The molecule has 0 amide bonds. The van der Waals surface area contributed by atoms with Crippen LogP contribution in [0, 0.1) is 16.7 Å². The van der Waals surface area contributed by atoms with Gasteiger partial charge in [0.25, 0.3) is 0 Å². The summed E-state index contributed by atoms with van der Waals surface area (Å²) in [6.45, 7) is 8.80. The van der Waals surface area contributed by atoms with E-state index in [4.69, 9.17) is 0 Å². The van der Waals surface area contributed by atoms with Crippen LogP contribution in [0.1, 0.15) is 45.6 Å². The van der Waals surface area contributed by atoms with Gasteiger partial charge in [0.05, 0.1) is 11.3 Å². The second-order valence-corrected chi connectivity index (χ2v) is 12.0. The van der Waals surface area contributed by atoms with E-state index in [0.29, 0.717) is 37.9 Å². The first-order valence-electron chi connectivity index (χ1n) is 11.4. The summed E-state index contributed by atoms with van der Waals surface area (Å²) in [6.07, 6.45) is -0.550. The molecule has 0 radical (unpaired) electrons. The number of rotatable bonds is 6. The minimum absolute atomic E-state index is 0.0289. The number of anilines is 1. The van der Waals surface area contributed by atoms with E-state index in [2.05, 4.69) is 31.1 Å². The molecule has 4 rings (SSSR count). The highest BCUT2D eigenvalue weighted by atomic mass is 32.2. The third kappa shape index (κ3) is 3.92. The number of hydrogen-bond acceptors (Lipinski definition) is 5. The lowest BCUT2D eigenvalue weighted by Crippen LogP contribution is -2.55. The molecule has 180 valence electrons. The molecule has 0 aromatic carbocycles. The summed E-state index contributed by atoms with van der Waals surface area (Å²) in [6, 6.07) is 2.59. The van der Waals surface area contributed by atoms with Gasteiger partial charge in [-0.05, 0) is 49.3 Å². The van der Waals surface area contributed by atoms with Gasteiger partial charge in [0.15, 0.2) is 0 Å². The van der Waals surface area contributed by atoms with Crippen molar-refractivity contribution in [2.24, 2.45) is 16.7 Å². The molecule has 6 nitrogen and oxygen atoms in total. The number of nitrogens with one attached hydrogen (secondary N) is 1. The van der Waals surface area contributed by atoms with E-state index in [9.17, 15) is 21.6 Å². The van der Waals surface area contributed by atoms with Gasteiger partial charge in [0, 0.05) is 43.8 Å². The molecule has 1 N–H and O–H groups in total. The van der Waals surface area contributed by atoms with Crippen LogP contribution >= 0.6 is 0 Å². The Hall–Kier alpha value is -1.39. The van der Waals surface area contributed by atoms with Gasteiger partial charge in [-0.3, -0.25) is 0 Å². The van der Waals surface area contributed by atoms with Crippen LogP contribution in [0.25, 0.3) is 0 Å². The van der Waals surface area contributed by atoms with E-state index in [-0.39, 0.29) is 22.6 Å². The van der Waals surface area contributed by atoms with Gasteiger partial charge < -0.3 is 10.2 Å². The predicted molar refractivity (Wildman–Crippen MR) is 118 cm³/mol. The molecule has 2 saturated carbocycles. The number of halogens is 3. The van der Waals surface area contributed by atoms with Gasteiger partial charge in [-0.1, -0.05) is 20.8 Å². The number of sulfonamides is 1. The van der Waals surface area contributed by atoms with Crippen molar-refractivity contribution in [2.45, 2.75) is 52.3 Å². The normalized spacial score (nSPS) is 30.8. The van der Waals surface area contributed by atoms with Crippen LogP contribution < -0.4 is 10.2 Å². The summed E-state index contributed by atoms with van der Waals surface area (Å²) in [5.74, 6) is 1.14. The molecule has 3 aliphatic rings. The van der Waals surface area contributed by atoms with Crippen molar-refractivity contribution in [1.29, 1.82) is 0 Å². The van der Waals surface area contributed by atoms with Gasteiger partial charge in [-0.15, -0.1) is 0 Å². The first-order chi connectivity index (χ1) is 14.9. The maximum Gasteiger partial charge on any atom is 0.417 e. The van der Waals surface area contributed by atoms with Crippen LogP contribution in [0.2, 0.25) is 0 Å². The fraction of sp³-hybridized carbons (Fsp3) is 0.773. The van der Waals surface area contributed by atoms with Crippen LogP contribution in [0.3, 0.4) is 0 Å². The number of aromatic nitrogens is 1. The van der Waals surface area contributed by atoms with Gasteiger partial charge >= 0.3 is 6.18 Å². The van der Waals surface area contributed by atoms with Crippen LogP contribution in [0.5, 0.6) is 0 Å². The third-order valence-electron chi connectivity index (χ3n) is 8.35. The molecule has 0 spiro atoms. The number of fused-ring (bicyclic) bond motifs is 2. The predicted octanol–water partition coefficient (Wildman–Crippen LogP) is 3.36. The summed E-state index contributed by atoms with van der Waals surface area (Å²) >= 11 is 0. The zero-order valence-electron chi connectivity index (χ0n) is 19.0. The highest BCUT2D eigenvalue weighted by Crippen LogP contribution is 2.66. The number of nitrogens with zero attached hydrogens (tertiary/aromatic N) is 3. The van der Waals surface area contributed by atoms with E-state index < -0.39 is 21.8 Å². The smallest absolute Gasteiger partial charge is 0.354 e. The molecule has 1 saturated heterocycles. The van der Waals surface area contributed by atoms with Crippen molar-refractivity contribution in [3.63, 3.8) is 0 Å². The topological polar surface area (TPSA) is 65.5 Å². The molecule has 3 atom stereocenters. The van der Waals surface area contributed by atoms with Gasteiger partial charge in [-0.25, -0.2) is 13.4 Å². The van der Waals surface area contributed by atoms with E-state index in [1.54, 1.807) is 4.31 Å². The van der Waals surface area contributed by atoms with Gasteiger partial charge in [-0.2, -0.15) is 17.5 Å². The van der Waals surface area contributed by atoms with Crippen LogP contribution in [-0.4, -0.2) is 62.2 Å². The summed E-state index contributed by atoms with van der Waals surface area (Å²) in [7, 11) is -3.47. The lowest BCUT2D eigenvalue weighted by atomic mass is 9.69. The lowest BCUT2D eigenvalue weighted by Gasteiger charge is -2.44. The molecule has 2 aliphatic carbocycles. The Kier molecular flexibility index (Phi) is 6.03. The van der Waals surface area contributed by atoms with Crippen molar-refractivity contribution < 1.29 is 21.6 Å². The second-order valence-electron chi connectivity index (χ2n) is 10.0. The molecule has 32 heavy (non-hydrogen) atoms. The van der Waals surface area contributed by atoms with Crippen molar-refractivity contribution in [3.05, 3.63) is 23.9 Å². The third-order valence-corrected chi connectivity index (χ3v) is 10.4. The SMILES string of the molecule is CCNC1C[C@H]2CC[C@]1(CS(=O)(=O)N1CCN(c3ccc(C(F)(F)F)cn3)CC1)C2(C)C. The maximum atomic E-state index is 13.5. The van der Waals surface area contributed by atoms with E-state index >= 15 is 0 Å². The Balaban J connectivity index is 1.44. The monoisotopic (exact) mass is 474 g/mol. The first-order valence-corrected chi connectivity index (χ1v) is 13.0. The molecule has 1 aromatic heterocycles. The Bertz CT molecular complexity index is 927. The van der Waals surface area contributed by atoms with Crippen LogP contribution in [0.15, 0.2) is 18.3 Å². The maximum absolute atomic E-state index is 13.5. The zero-order valence-corrected chi connectivity index (χ0v) is 19.8. The van der Waals surface area contributed by atoms with E-state index in [0.717, 1.165) is 38.1 Å². The second kappa shape index (κ2) is 8.13. The standard InChI is InChI=1S/C22H33F3N4O2S/c1-4-26-18-13-16-7-8-21(18,20(16,2)3)15-32(30,31)29-11-9-28(10-12-29)19-6-5-17(14-27-19)22(23,24)25/h5-6,14,16,18,26H,4,7-13,15H2,1-3H3/t16-,18?,21-/m1/s1. The Labute approximate surface area is 188 Å². The van der Waals surface area contributed by atoms with Crippen molar-refractivity contribution in [1.82, 2.24) is 14.6 Å². The van der Waals surface area contributed by atoms with Gasteiger partial charge in [0.2, 0.25) is 10.0 Å². The average Bonchev–Trinajstić information content (AvgIpc) is 3.08. The molecule has 1 unspecified atom stereocenters. The summed E-state index contributed by atoms with van der Waals surface area (Å²) in [4.78, 5) is 5.79. The zero-order chi connectivity index (χ0) is 23.4. The lowest BCUT2D eigenvalue weighted by molar-refractivity contribution is -0.137. The summed E-state index contributed by atoms with van der Waals surface area (Å²) in [5.41, 5.74) is -1.08. The number of piperazine rings is 1. The Morgan fingerprint density at radius 1 is 1.19 bits per heavy atom. The average molecular weight is 475 g/mol. The molecule has 1 aliphatic heterocycles. The van der Waals surface area contributed by atoms with E-state index in [1.165, 1.54) is 6.07 Å². The molecule has 3 fully saturated rings. The molecule has 10 heteroatoms. The Morgan fingerprint density at radius 3 is 2.41 bits per heavy atom. The molecular weight excluding hydrogens is 441 g/mol. The van der Waals surface area contributed by atoms with Gasteiger partial charge in [0.1, 0.15) is 5.82 Å². The fourth-order valence-corrected chi connectivity index (χ4v) is 8.57. The van der Waals surface area contributed by atoms with Crippen molar-refractivity contribution >= 4 is 15.8 Å². The van der Waals surface area contributed by atoms with Crippen molar-refractivity contribution in [2.75, 3.05) is 43.4 Å². The number of hydrogen-bond donors (Lipinski definition) is 1. The largest absolute Gasteiger partial charge is 0.417 e. The highest BCUT2D eigenvalue weighted by Gasteiger charge is 2.65. The molecular formula is C22H33F3N4O2S. The minimum Gasteiger partial charge on any atom is -0.354 e. The number of pyridine rings is 1. The number of alkyl halides is 3. The summed E-state index contributed by atoms with van der Waals surface area (Å²) in [5, 5.41) is 3.56. The highest BCUT2D eigenvalue weighted by molar-refractivity contribution is 7.89. The van der Waals surface area contributed by atoms with Crippen molar-refractivity contribution in [3.8, 4) is 0 Å². The Morgan fingerprint density at radius 2 is 1.88 bits per heavy atom. The van der Waals surface area contributed by atoms with Crippen LogP contribution in [0.4, 0.5) is 19.0 Å². The molecule has 2 heterocycles. The molecule has 1 aromatic rings. The quantitative estimate of drug-likeness (QED) is 0.685. The summed E-state index contributed by atoms with van der Waals surface area (Å²) < 4.78 is 66.9. The fourth-order valence-electron chi connectivity index (χ4n) is 6.30. The molecule has 2 bridgehead atoms. The van der Waals surface area contributed by atoms with Crippen LogP contribution in [-0.2, 0) is 16.2 Å². The first kappa shape index (κ1) is 23.8. The minimum atomic E-state index is -4.42.